The van der Waals surface area contributed by atoms with E-state index in [1.54, 1.807) is 0 Å². The van der Waals surface area contributed by atoms with Gasteiger partial charge in [-0.1, -0.05) is 31.2 Å². The fourth-order valence-corrected chi connectivity index (χ4v) is 2.40. The van der Waals surface area contributed by atoms with Crippen molar-refractivity contribution in [2.45, 2.75) is 25.8 Å². The SMILES string of the molecule is CCC(N)Cc1ccc(-n2cnc3ccccc32)cc1. The second-order valence-corrected chi connectivity index (χ2v) is 5.14. The number of fused-ring (bicyclic) bond motifs is 1. The molecule has 0 aliphatic heterocycles. The van der Waals surface area contributed by atoms with E-state index in [2.05, 4.69) is 46.8 Å². The number of benzene rings is 2. The van der Waals surface area contributed by atoms with Crippen LogP contribution in [0.3, 0.4) is 0 Å². The van der Waals surface area contributed by atoms with E-state index in [0.717, 1.165) is 29.6 Å². The van der Waals surface area contributed by atoms with Crippen molar-refractivity contribution in [3.05, 3.63) is 60.4 Å². The Morgan fingerprint density at radius 2 is 1.85 bits per heavy atom. The van der Waals surface area contributed by atoms with Crippen molar-refractivity contribution in [3.63, 3.8) is 0 Å². The van der Waals surface area contributed by atoms with Crippen LogP contribution < -0.4 is 5.73 Å². The van der Waals surface area contributed by atoms with Crippen LogP contribution in [0.4, 0.5) is 0 Å². The third kappa shape index (κ3) is 2.45. The predicted octanol–water partition coefficient (Wildman–Crippen LogP) is 3.31. The number of aromatic nitrogens is 2. The molecule has 102 valence electrons. The van der Waals surface area contributed by atoms with E-state index >= 15 is 0 Å². The van der Waals surface area contributed by atoms with Crippen molar-refractivity contribution in [3.8, 4) is 5.69 Å². The summed E-state index contributed by atoms with van der Waals surface area (Å²) in [6.07, 6.45) is 3.81. The van der Waals surface area contributed by atoms with Crippen molar-refractivity contribution >= 4 is 11.0 Å². The molecule has 0 saturated carbocycles. The first-order valence-corrected chi connectivity index (χ1v) is 7.05. The van der Waals surface area contributed by atoms with E-state index in [4.69, 9.17) is 5.73 Å². The van der Waals surface area contributed by atoms with Gasteiger partial charge in [-0.25, -0.2) is 4.98 Å². The molecule has 1 aromatic heterocycles. The average Bonchev–Trinajstić information content (AvgIpc) is 2.92. The molecule has 0 aliphatic rings. The van der Waals surface area contributed by atoms with Crippen LogP contribution in [0.2, 0.25) is 0 Å². The second-order valence-electron chi connectivity index (χ2n) is 5.14. The molecule has 0 bridgehead atoms. The molecule has 1 atom stereocenters. The molecule has 0 spiro atoms. The van der Waals surface area contributed by atoms with Gasteiger partial charge in [0.05, 0.1) is 11.0 Å². The van der Waals surface area contributed by atoms with Crippen LogP contribution in [0.5, 0.6) is 0 Å². The maximum absolute atomic E-state index is 6.00. The van der Waals surface area contributed by atoms with E-state index in [-0.39, 0.29) is 6.04 Å². The van der Waals surface area contributed by atoms with E-state index in [0.29, 0.717) is 0 Å². The van der Waals surface area contributed by atoms with Crippen LogP contribution in [0.1, 0.15) is 18.9 Å². The van der Waals surface area contributed by atoms with Crippen molar-refractivity contribution < 1.29 is 0 Å². The highest BCUT2D eigenvalue weighted by Gasteiger charge is 2.05. The normalized spacial score (nSPS) is 12.7. The number of para-hydroxylation sites is 2. The van der Waals surface area contributed by atoms with Gasteiger partial charge in [0.2, 0.25) is 0 Å². The van der Waals surface area contributed by atoms with Crippen molar-refractivity contribution in [1.82, 2.24) is 9.55 Å². The van der Waals surface area contributed by atoms with Crippen LogP contribution in [0.25, 0.3) is 16.7 Å². The third-order valence-corrected chi connectivity index (χ3v) is 3.69. The number of rotatable bonds is 4. The Morgan fingerprint density at radius 1 is 1.10 bits per heavy atom. The lowest BCUT2D eigenvalue weighted by molar-refractivity contribution is 0.646. The molecule has 20 heavy (non-hydrogen) atoms. The van der Waals surface area contributed by atoms with Gasteiger partial charge in [-0.2, -0.15) is 0 Å². The Morgan fingerprint density at radius 3 is 2.60 bits per heavy atom. The van der Waals surface area contributed by atoms with Crippen LogP contribution in [-0.2, 0) is 6.42 Å². The minimum Gasteiger partial charge on any atom is -0.327 e. The molecule has 1 heterocycles. The van der Waals surface area contributed by atoms with Crippen LogP contribution in [0, 0.1) is 0 Å². The number of nitrogens with two attached hydrogens (primary N) is 1. The zero-order valence-electron chi connectivity index (χ0n) is 11.7. The lowest BCUT2D eigenvalue weighted by atomic mass is 10.0. The molecule has 3 rings (SSSR count). The maximum Gasteiger partial charge on any atom is 0.100 e. The summed E-state index contributed by atoms with van der Waals surface area (Å²) in [5.41, 5.74) is 10.6. The summed E-state index contributed by atoms with van der Waals surface area (Å²) in [7, 11) is 0. The van der Waals surface area contributed by atoms with Crippen LogP contribution in [0.15, 0.2) is 54.9 Å². The Bertz CT molecular complexity index is 698. The molecule has 3 aromatic rings. The van der Waals surface area contributed by atoms with Crippen LogP contribution in [-0.4, -0.2) is 15.6 Å². The van der Waals surface area contributed by atoms with Crippen molar-refractivity contribution in [2.24, 2.45) is 5.73 Å². The van der Waals surface area contributed by atoms with Crippen molar-refractivity contribution in [2.75, 3.05) is 0 Å². The van der Waals surface area contributed by atoms with Crippen molar-refractivity contribution in [1.29, 1.82) is 0 Å². The Balaban J connectivity index is 1.91. The molecule has 3 nitrogen and oxygen atoms in total. The number of nitrogens with zero attached hydrogens (tertiary/aromatic N) is 2. The summed E-state index contributed by atoms with van der Waals surface area (Å²) in [5.74, 6) is 0. The summed E-state index contributed by atoms with van der Waals surface area (Å²) >= 11 is 0. The minimum atomic E-state index is 0.245. The second kappa shape index (κ2) is 5.47. The molecule has 0 saturated heterocycles. The lowest BCUT2D eigenvalue weighted by Crippen LogP contribution is -2.21. The standard InChI is InChI=1S/C17H19N3/c1-2-14(18)11-13-7-9-15(10-8-13)20-12-19-16-5-3-4-6-17(16)20/h3-10,12,14H,2,11,18H2,1H3. The van der Waals surface area contributed by atoms with Gasteiger partial charge in [0.15, 0.2) is 0 Å². The minimum absolute atomic E-state index is 0.245. The summed E-state index contributed by atoms with van der Waals surface area (Å²) < 4.78 is 2.11. The summed E-state index contributed by atoms with van der Waals surface area (Å²) in [6, 6.07) is 17.0. The molecule has 3 heteroatoms. The predicted molar refractivity (Wildman–Crippen MR) is 83.0 cm³/mol. The van der Waals surface area contributed by atoms with Gasteiger partial charge in [-0.05, 0) is 42.7 Å². The average molecular weight is 265 g/mol. The number of hydrogen-bond donors (Lipinski definition) is 1. The zero-order valence-corrected chi connectivity index (χ0v) is 11.7. The topological polar surface area (TPSA) is 43.8 Å². The van der Waals surface area contributed by atoms with E-state index in [1.165, 1.54) is 5.56 Å². The molecule has 2 N–H and O–H groups in total. The zero-order chi connectivity index (χ0) is 13.9. The van der Waals surface area contributed by atoms with Gasteiger partial charge >= 0.3 is 0 Å². The molecule has 0 aliphatic carbocycles. The van der Waals surface area contributed by atoms with Gasteiger partial charge in [0.25, 0.3) is 0 Å². The number of imidazole rings is 1. The van der Waals surface area contributed by atoms with E-state index < -0.39 is 0 Å². The summed E-state index contributed by atoms with van der Waals surface area (Å²) in [4.78, 5) is 4.42. The van der Waals surface area contributed by atoms with Gasteiger partial charge in [-0.15, -0.1) is 0 Å². The highest BCUT2D eigenvalue weighted by Crippen LogP contribution is 2.18. The highest BCUT2D eigenvalue weighted by atomic mass is 15.0. The van der Waals surface area contributed by atoms with E-state index in [1.807, 2.05) is 24.5 Å². The largest absolute Gasteiger partial charge is 0.327 e. The first kappa shape index (κ1) is 12.9. The van der Waals surface area contributed by atoms with Crippen LogP contribution >= 0.6 is 0 Å². The quantitative estimate of drug-likeness (QED) is 0.786. The van der Waals surface area contributed by atoms with E-state index in [9.17, 15) is 0 Å². The highest BCUT2D eigenvalue weighted by molar-refractivity contribution is 5.77. The first-order chi connectivity index (χ1) is 9.78. The van der Waals surface area contributed by atoms with Gasteiger partial charge in [0, 0.05) is 11.7 Å². The lowest BCUT2D eigenvalue weighted by Gasteiger charge is -2.10. The number of hydrogen-bond acceptors (Lipinski definition) is 2. The molecule has 0 fully saturated rings. The monoisotopic (exact) mass is 265 g/mol. The molecule has 1 unspecified atom stereocenters. The molecule has 2 aromatic carbocycles. The third-order valence-electron chi connectivity index (χ3n) is 3.69. The Kier molecular flexibility index (Phi) is 3.52. The molecule has 0 amide bonds. The summed E-state index contributed by atoms with van der Waals surface area (Å²) in [6.45, 7) is 2.12. The Hall–Kier alpha value is -2.13. The fourth-order valence-electron chi connectivity index (χ4n) is 2.40. The fraction of sp³-hybridized carbons (Fsp3) is 0.235. The Labute approximate surface area is 119 Å². The first-order valence-electron chi connectivity index (χ1n) is 7.05. The molecular weight excluding hydrogens is 246 g/mol. The smallest absolute Gasteiger partial charge is 0.100 e. The van der Waals surface area contributed by atoms with Gasteiger partial charge < -0.3 is 5.73 Å². The molecular formula is C17H19N3. The van der Waals surface area contributed by atoms with Gasteiger partial charge in [-0.3, -0.25) is 4.57 Å². The summed E-state index contributed by atoms with van der Waals surface area (Å²) in [5, 5.41) is 0. The van der Waals surface area contributed by atoms with Gasteiger partial charge in [0.1, 0.15) is 6.33 Å². The maximum atomic E-state index is 6.00. The molecule has 0 radical (unpaired) electrons.